The first kappa shape index (κ1) is 15.4. The second-order valence-electron chi connectivity index (χ2n) is 4.17. The van der Waals surface area contributed by atoms with Crippen molar-refractivity contribution >= 4 is 11.3 Å². The van der Waals surface area contributed by atoms with Crippen LogP contribution < -0.4 is 4.90 Å². The fourth-order valence-electron chi connectivity index (χ4n) is 1.86. The smallest absolute Gasteiger partial charge is 0.395 e. The molecule has 0 saturated heterocycles. The molecule has 0 aliphatic carbocycles. The van der Waals surface area contributed by atoms with Crippen molar-refractivity contribution in [1.82, 2.24) is 14.6 Å². The van der Waals surface area contributed by atoms with Crippen LogP contribution in [0.4, 0.5) is 27.8 Å². The first-order valence-corrected chi connectivity index (χ1v) is 5.88. The van der Waals surface area contributed by atoms with Crippen LogP contribution in [0.2, 0.25) is 0 Å². The molecule has 0 saturated carbocycles. The molecule has 0 bridgehead atoms. The Balaban J connectivity index is 2.49. The van der Waals surface area contributed by atoms with Gasteiger partial charge in [-0.3, -0.25) is 0 Å². The van der Waals surface area contributed by atoms with Gasteiger partial charge in [0.1, 0.15) is 5.52 Å². The summed E-state index contributed by atoms with van der Waals surface area (Å²) < 4.78 is 63.9. The van der Waals surface area contributed by atoms with Crippen LogP contribution in [0.5, 0.6) is 0 Å². The zero-order chi connectivity index (χ0) is 15.6. The topological polar surface area (TPSA) is 53.7 Å². The number of aliphatic hydroxyl groups excluding tert-OH is 1. The minimum atomic E-state index is -4.65. The van der Waals surface area contributed by atoms with Gasteiger partial charge in [0, 0.05) is 25.0 Å². The second kappa shape index (κ2) is 5.80. The number of fused-ring (bicyclic) bond motifs is 1. The fourth-order valence-corrected chi connectivity index (χ4v) is 1.86. The van der Waals surface area contributed by atoms with Crippen molar-refractivity contribution in [2.24, 2.45) is 0 Å². The van der Waals surface area contributed by atoms with Gasteiger partial charge in [0.2, 0.25) is 0 Å². The van der Waals surface area contributed by atoms with E-state index in [2.05, 4.69) is 10.1 Å². The normalized spacial score (nSPS) is 12.3. The van der Waals surface area contributed by atoms with Gasteiger partial charge in [-0.1, -0.05) is 0 Å². The number of halogens is 5. The third-order valence-electron chi connectivity index (χ3n) is 2.69. The Hall–Kier alpha value is -1.97. The molecule has 0 amide bonds. The summed E-state index contributed by atoms with van der Waals surface area (Å²) in [5.74, 6) is -0.0881. The zero-order valence-corrected chi connectivity index (χ0v) is 10.6. The van der Waals surface area contributed by atoms with E-state index < -0.39 is 31.4 Å². The van der Waals surface area contributed by atoms with E-state index in [9.17, 15) is 22.0 Å². The third-order valence-corrected chi connectivity index (χ3v) is 2.69. The van der Waals surface area contributed by atoms with Crippen LogP contribution in [0.1, 0.15) is 5.69 Å². The van der Waals surface area contributed by atoms with Crippen LogP contribution >= 0.6 is 0 Å². The summed E-state index contributed by atoms with van der Waals surface area (Å²) >= 11 is 0. The SMILES string of the molecule is OCCN(CC(F)F)c1nccn2nc(C(F)(F)F)cc12. The molecule has 2 rings (SSSR count). The Morgan fingerprint density at radius 3 is 2.62 bits per heavy atom. The fraction of sp³-hybridized carbons (Fsp3) is 0.455. The number of nitrogens with zero attached hydrogens (tertiary/aromatic N) is 4. The molecular weight excluding hydrogens is 299 g/mol. The molecule has 0 aliphatic heterocycles. The number of aliphatic hydroxyl groups is 1. The number of alkyl halides is 5. The molecule has 0 aromatic carbocycles. The Kier molecular flexibility index (Phi) is 4.26. The molecule has 2 aromatic rings. The lowest BCUT2D eigenvalue weighted by atomic mass is 10.3. The number of aromatic nitrogens is 3. The maximum atomic E-state index is 12.6. The van der Waals surface area contributed by atoms with Gasteiger partial charge in [-0.25, -0.2) is 18.3 Å². The van der Waals surface area contributed by atoms with Crippen molar-refractivity contribution in [1.29, 1.82) is 0 Å². The highest BCUT2D eigenvalue weighted by molar-refractivity contribution is 5.69. The van der Waals surface area contributed by atoms with Gasteiger partial charge in [0.15, 0.2) is 11.5 Å². The average molecular weight is 310 g/mol. The molecule has 1 N–H and O–H groups in total. The van der Waals surface area contributed by atoms with Crippen molar-refractivity contribution in [3.63, 3.8) is 0 Å². The van der Waals surface area contributed by atoms with E-state index in [0.717, 1.165) is 21.7 Å². The molecule has 0 spiro atoms. The summed E-state index contributed by atoms with van der Waals surface area (Å²) in [6.07, 6.45) is -5.02. The van der Waals surface area contributed by atoms with E-state index in [1.165, 1.54) is 6.20 Å². The number of anilines is 1. The Bertz CT molecular complexity index is 612. The van der Waals surface area contributed by atoms with Gasteiger partial charge in [0.25, 0.3) is 6.43 Å². The largest absolute Gasteiger partial charge is 0.435 e. The van der Waals surface area contributed by atoms with Gasteiger partial charge in [-0.2, -0.15) is 18.3 Å². The molecule has 2 heterocycles. The van der Waals surface area contributed by atoms with Crippen LogP contribution in [0.3, 0.4) is 0 Å². The van der Waals surface area contributed by atoms with Crippen LogP contribution in [-0.4, -0.2) is 45.8 Å². The van der Waals surface area contributed by atoms with Crippen molar-refractivity contribution in [3.8, 4) is 0 Å². The summed E-state index contributed by atoms with van der Waals surface area (Å²) in [5, 5.41) is 12.2. The Morgan fingerprint density at radius 1 is 1.33 bits per heavy atom. The van der Waals surface area contributed by atoms with Gasteiger partial charge in [0.05, 0.1) is 13.2 Å². The molecule has 2 aromatic heterocycles. The van der Waals surface area contributed by atoms with E-state index in [1.807, 2.05) is 0 Å². The van der Waals surface area contributed by atoms with Crippen LogP contribution in [-0.2, 0) is 6.18 Å². The van der Waals surface area contributed by atoms with Crippen molar-refractivity contribution in [2.45, 2.75) is 12.6 Å². The van der Waals surface area contributed by atoms with E-state index >= 15 is 0 Å². The summed E-state index contributed by atoms with van der Waals surface area (Å²) in [6.45, 7) is -1.36. The molecule has 5 nitrogen and oxygen atoms in total. The summed E-state index contributed by atoms with van der Waals surface area (Å²) in [6, 6.07) is 0.734. The summed E-state index contributed by atoms with van der Waals surface area (Å²) in [5.41, 5.74) is -1.20. The monoisotopic (exact) mass is 310 g/mol. The first-order chi connectivity index (χ1) is 9.82. The summed E-state index contributed by atoms with van der Waals surface area (Å²) in [4.78, 5) is 4.84. The minimum Gasteiger partial charge on any atom is -0.395 e. The van der Waals surface area contributed by atoms with Gasteiger partial charge in [-0.05, 0) is 0 Å². The lowest BCUT2D eigenvalue weighted by Gasteiger charge is -2.22. The Labute approximate surface area is 115 Å². The van der Waals surface area contributed by atoms with E-state index in [-0.39, 0.29) is 17.9 Å². The van der Waals surface area contributed by atoms with Gasteiger partial charge in [-0.15, -0.1) is 0 Å². The Morgan fingerprint density at radius 2 is 2.05 bits per heavy atom. The van der Waals surface area contributed by atoms with E-state index in [0.29, 0.717) is 0 Å². The highest BCUT2D eigenvalue weighted by Gasteiger charge is 2.34. The molecule has 10 heteroatoms. The zero-order valence-electron chi connectivity index (χ0n) is 10.6. The average Bonchev–Trinajstić information content (AvgIpc) is 2.81. The van der Waals surface area contributed by atoms with Crippen molar-refractivity contribution in [3.05, 3.63) is 24.2 Å². The van der Waals surface area contributed by atoms with E-state index in [1.54, 1.807) is 0 Å². The van der Waals surface area contributed by atoms with Crippen LogP contribution in [0, 0.1) is 0 Å². The van der Waals surface area contributed by atoms with Gasteiger partial charge < -0.3 is 10.0 Å². The lowest BCUT2D eigenvalue weighted by Crippen LogP contribution is -2.32. The number of hydrogen-bond acceptors (Lipinski definition) is 4. The molecule has 21 heavy (non-hydrogen) atoms. The van der Waals surface area contributed by atoms with Gasteiger partial charge >= 0.3 is 6.18 Å². The summed E-state index contributed by atoms with van der Waals surface area (Å²) in [7, 11) is 0. The molecule has 0 aliphatic rings. The maximum Gasteiger partial charge on any atom is 0.435 e. The lowest BCUT2D eigenvalue weighted by molar-refractivity contribution is -0.141. The quantitative estimate of drug-likeness (QED) is 0.856. The molecule has 0 fully saturated rings. The number of rotatable bonds is 5. The van der Waals surface area contributed by atoms with Crippen molar-refractivity contribution in [2.75, 3.05) is 24.6 Å². The minimum absolute atomic E-state index is 0.0566. The maximum absolute atomic E-state index is 12.6. The van der Waals surface area contributed by atoms with Crippen molar-refractivity contribution < 1.29 is 27.1 Å². The molecule has 0 atom stereocenters. The predicted octanol–water partition coefficient (Wildman–Crippen LogP) is 1.81. The first-order valence-electron chi connectivity index (χ1n) is 5.88. The second-order valence-corrected chi connectivity index (χ2v) is 4.17. The standard InChI is InChI=1S/C11H11F5N4O/c12-9(13)6-19(3-4-21)10-7-5-8(11(14,15)16)18-20(7)2-1-17-10/h1-2,5,9,21H,3-4,6H2. The van der Waals surface area contributed by atoms with Crippen LogP contribution in [0.15, 0.2) is 18.5 Å². The predicted molar refractivity (Wildman–Crippen MR) is 63.3 cm³/mol. The highest BCUT2D eigenvalue weighted by Crippen LogP contribution is 2.30. The van der Waals surface area contributed by atoms with E-state index in [4.69, 9.17) is 5.11 Å². The molecule has 0 radical (unpaired) electrons. The molecule has 116 valence electrons. The van der Waals surface area contributed by atoms with Crippen LogP contribution in [0.25, 0.3) is 5.52 Å². The molecular formula is C11H11F5N4O. The molecule has 0 unspecified atom stereocenters. The third kappa shape index (κ3) is 3.38. The highest BCUT2D eigenvalue weighted by atomic mass is 19.4. The number of hydrogen-bond donors (Lipinski definition) is 1.